The number of carbonyl (C=O) groups excluding carboxylic acids is 1. The van der Waals surface area contributed by atoms with Gasteiger partial charge in [-0.2, -0.15) is 18.3 Å². The summed E-state index contributed by atoms with van der Waals surface area (Å²) in [6.45, 7) is 1.57. The van der Waals surface area contributed by atoms with Crippen LogP contribution in [0.4, 0.5) is 19.0 Å². The molecule has 6 nitrogen and oxygen atoms in total. The monoisotopic (exact) mass is 406 g/mol. The van der Waals surface area contributed by atoms with Gasteiger partial charge in [0.05, 0.1) is 22.9 Å². The van der Waals surface area contributed by atoms with Gasteiger partial charge >= 0.3 is 12.1 Å². The number of hydrazone groups is 1. The predicted octanol–water partition coefficient (Wildman–Crippen LogP) is 4.42. The van der Waals surface area contributed by atoms with E-state index in [2.05, 4.69) is 20.5 Å². The molecule has 0 saturated heterocycles. The number of aromatic nitrogens is 2. The standard InChI is InChI=1S/C15H11Cl2F3N4O2/c1-2-26-13(25)9-6-21-14(15(18,19)20)23-12(9)24-22-7-8-10(16)4-3-5-11(8)17/h3-7H,2H2,1H3,(H,21,23,24)/b22-7-. The van der Waals surface area contributed by atoms with Crippen molar-refractivity contribution in [3.63, 3.8) is 0 Å². The molecule has 0 aliphatic rings. The van der Waals surface area contributed by atoms with Crippen molar-refractivity contribution in [3.05, 3.63) is 51.4 Å². The van der Waals surface area contributed by atoms with Crippen molar-refractivity contribution < 1.29 is 22.7 Å². The largest absolute Gasteiger partial charge is 0.462 e. The second kappa shape index (κ2) is 8.33. The first-order valence-corrected chi connectivity index (χ1v) is 7.84. The van der Waals surface area contributed by atoms with E-state index in [1.807, 2.05) is 0 Å². The number of benzene rings is 1. The summed E-state index contributed by atoms with van der Waals surface area (Å²) >= 11 is 11.9. The minimum atomic E-state index is -4.79. The van der Waals surface area contributed by atoms with Crippen LogP contribution in [0.3, 0.4) is 0 Å². The number of alkyl halides is 3. The average Bonchev–Trinajstić information content (AvgIpc) is 2.56. The Morgan fingerprint density at radius 2 is 2.00 bits per heavy atom. The van der Waals surface area contributed by atoms with Crippen molar-refractivity contribution >= 4 is 41.2 Å². The fraction of sp³-hybridized carbons (Fsp3) is 0.200. The van der Waals surface area contributed by atoms with Gasteiger partial charge in [-0.25, -0.2) is 14.8 Å². The lowest BCUT2D eigenvalue weighted by Gasteiger charge is -2.10. The molecule has 2 aromatic rings. The van der Waals surface area contributed by atoms with E-state index in [4.69, 9.17) is 27.9 Å². The van der Waals surface area contributed by atoms with Crippen LogP contribution in [-0.4, -0.2) is 28.8 Å². The summed E-state index contributed by atoms with van der Waals surface area (Å²) in [5, 5.41) is 4.32. The predicted molar refractivity (Wildman–Crippen MR) is 90.7 cm³/mol. The average molecular weight is 407 g/mol. The Balaban J connectivity index is 2.36. The van der Waals surface area contributed by atoms with Gasteiger partial charge in [0.2, 0.25) is 5.82 Å². The molecule has 1 N–H and O–H groups in total. The van der Waals surface area contributed by atoms with Crippen LogP contribution < -0.4 is 5.43 Å². The number of anilines is 1. The molecular weight excluding hydrogens is 396 g/mol. The molecule has 2 rings (SSSR count). The third kappa shape index (κ3) is 4.83. The summed E-state index contributed by atoms with van der Waals surface area (Å²) in [7, 11) is 0. The molecule has 0 bridgehead atoms. The third-order valence-corrected chi connectivity index (χ3v) is 3.56. The molecule has 0 radical (unpaired) electrons. The lowest BCUT2D eigenvalue weighted by Crippen LogP contribution is -2.16. The second-order valence-corrected chi connectivity index (χ2v) is 5.49. The van der Waals surface area contributed by atoms with Crippen LogP contribution in [0.2, 0.25) is 10.0 Å². The van der Waals surface area contributed by atoms with Crippen LogP contribution in [0, 0.1) is 0 Å². The van der Waals surface area contributed by atoms with Crippen LogP contribution in [0.15, 0.2) is 29.5 Å². The number of nitrogens with zero attached hydrogens (tertiary/aromatic N) is 3. The normalized spacial score (nSPS) is 11.6. The summed E-state index contributed by atoms with van der Waals surface area (Å²) < 4.78 is 43.2. The molecule has 0 atom stereocenters. The highest BCUT2D eigenvalue weighted by Gasteiger charge is 2.35. The van der Waals surface area contributed by atoms with E-state index in [1.165, 1.54) is 6.21 Å². The molecule has 0 aliphatic carbocycles. The third-order valence-electron chi connectivity index (χ3n) is 2.90. The Kier molecular flexibility index (Phi) is 6.38. The Morgan fingerprint density at radius 1 is 1.35 bits per heavy atom. The molecule has 1 aromatic heterocycles. The molecule has 1 aromatic carbocycles. The Bertz CT molecular complexity index is 824. The van der Waals surface area contributed by atoms with Gasteiger partial charge in [0.15, 0.2) is 5.82 Å². The summed E-state index contributed by atoms with van der Waals surface area (Å²) in [5.41, 5.74) is 2.30. The molecule has 0 amide bonds. The number of halogens is 5. The highest BCUT2D eigenvalue weighted by Crippen LogP contribution is 2.28. The van der Waals surface area contributed by atoms with Gasteiger partial charge in [0, 0.05) is 11.8 Å². The van der Waals surface area contributed by atoms with Crippen LogP contribution in [0.1, 0.15) is 28.7 Å². The van der Waals surface area contributed by atoms with Crippen LogP contribution >= 0.6 is 23.2 Å². The van der Waals surface area contributed by atoms with E-state index in [1.54, 1.807) is 25.1 Å². The SMILES string of the molecule is CCOC(=O)c1cnc(C(F)(F)F)nc1N/N=C\c1c(Cl)cccc1Cl. The van der Waals surface area contributed by atoms with E-state index in [-0.39, 0.29) is 22.2 Å². The molecule has 0 fully saturated rings. The maximum absolute atomic E-state index is 12.8. The van der Waals surface area contributed by atoms with Gasteiger partial charge in [-0.1, -0.05) is 29.3 Å². The Hall–Kier alpha value is -2.39. The zero-order valence-electron chi connectivity index (χ0n) is 13.1. The molecule has 26 heavy (non-hydrogen) atoms. The first-order valence-electron chi connectivity index (χ1n) is 7.08. The van der Waals surface area contributed by atoms with E-state index in [0.717, 1.165) is 0 Å². The number of hydrogen-bond acceptors (Lipinski definition) is 6. The van der Waals surface area contributed by atoms with Crippen molar-refractivity contribution in [2.45, 2.75) is 13.1 Å². The quantitative estimate of drug-likeness (QED) is 0.451. The Morgan fingerprint density at radius 3 is 2.58 bits per heavy atom. The first-order chi connectivity index (χ1) is 12.2. The summed E-state index contributed by atoms with van der Waals surface area (Å²) in [4.78, 5) is 18.3. The maximum Gasteiger partial charge on any atom is 0.451 e. The fourth-order valence-electron chi connectivity index (χ4n) is 1.75. The van der Waals surface area contributed by atoms with E-state index >= 15 is 0 Å². The van der Waals surface area contributed by atoms with Crippen LogP contribution in [-0.2, 0) is 10.9 Å². The van der Waals surface area contributed by atoms with Crippen molar-refractivity contribution in [2.24, 2.45) is 5.10 Å². The molecule has 0 saturated carbocycles. The fourth-order valence-corrected chi connectivity index (χ4v) is 2.25. The summed E-state index contributed by atoms with van der Waals surface area (Å²) in [5.74, 6) is -2.79. The van der Waals surface area contributed by atoms with E-state index in [9.17, 15) is 18.0 Å². The van der Waals surface area contributed by atoms with E-state index < -0.39 is 23.8 Å². The van der Waals surface area contributed by atoms with Gasteiger partial charge < -0.3 is 4.74 Å². The minimum absolute atomic E-state index is 0.0256. The molecule has 0 unspecified atom stereocenters. The molecule has 11 heteroatoms. The number of nitrogens with one attached hydrogen (secondary N) is 1. The number of rotatable bonds is 5. The summed E-state index contributed by atoms with van der Waals surface area (Å²) in [6, 6.07) is 4.74. The van der Waals surface area contributed by atoms with Crippen LogP contribution in [0.5, 0.6) is 0 Å². The number of esters is 1. The van der Waals surface area contributed by atoms with Gasteiger partial charge in [-0.15, -0.1) is 0 Å². The molecule has 0 aliphatic heterocycles. The molecule has 1 heterocycles. The molecule has 138 valence electrons. The summed E-state index contributed by atoms with van der Waals surface area (Å²) in [6.07, 6.45) is -2.89. The first kappa shape index (κ1) is 19.9. The number of ether oxygens (including phenoxy) is 1. The van der Waals surface area contributed by atoms with Crippen molar-refractivity contribution in [2.75, 3.05) is 12.0 Å². The second-order valence-electron chi connectivity index (χ2n) is 4.68. The molecule has 0 spiro atoms. The van der Waals surface area contributed by atoms with Gasteiger partial charge in [-0.05, 0) is 19.1 Å². The number of hydrogen-bond donors (Lipinski definition) is 1. The topological polar surface area (TPSA) is 76.5 Å². The van der Waals surface area contributed by atoms with Crippen molar-refractivity contribution in [3.8, 4) is 0 Å². The number of carbonyl (C=O) groups is 1. The lowest BCUT2D eigenvalue weighted by atomic mass is 10.2. The lowest BCUT2D eigenvalue weighted by molar-refractivity contribution is -0.144. The minimum Gasteiger partial charge on any atom is -0.462 e. The zero-order valence-corrected chi connectivity index (χ0v) is 14.7. The highest BCUT2D eigenvalue weighted by molar-refractivity contribution is 6.38. The van der Waals surface area contributed by atoms with E-state index in [0.29, 0.717) is 11.8 Å². The Labute approximate surface area is 156 Å². The molecular formula is C15H11Cl2F3N4O2. The van der Waals surface area contributed by atoms with Gasteiger partial charge in [0.25, 0.3) is 0 Å². The maximum atomic E-state index is 12.8. The zero-order chi connectivity index (χ0) is 19.3. The van der Waals surface area contributed by atoms with Gasteiger partial charge in [-0.3, -0.25) is 5.43 Å². The van der Waals surface area contributed by atoms with Gasteiger partial charge in [0.1, 0.15) is 5.56 Å². The van der Waals surface area contributed by atoms with Crippen LogP contribution in [0.25, 0.3) is 0 Å². The van der Waals surface area contributed by atoms with Crippen molar-refractivity contribution in [1.29, 1.82) is 0 Å². The van der Waals surface area contributed by atoms with Crippen molar-refractivity contribution in [1.82, 2.24) is 9.97 Å². The highest BCUT2D eigenvalue weighted by atomic mass is 35.5. The smallest absolute Gasteiger partial charge is 0.451 e.